The third kappa shape index (κ3) is 36.5. The average Bonchev–Trinajstić information content (AvgIpc) is 3.12. The normalized spacial score (nSPS) is 14.1. The van der Waals surface area contributed by atoms with E-state index in [1.807, 2.05) is 0 Å². The summed E-state index contributed by atoms with van der Waals surface area (Å²) in [5.74, 6) is 0. The van der Waals surface area contributed by atoms with Crippen LogP contribution in [-0.4, -0.2) is 48.3 Å². The molecule has 0 fully saturated rings. The van der Waals surface area contributed by atoms with Crippen LogP contribution in [0.4, 0.5) is 0 Å². The third-order valence-electron chi connectivity index (χ3n) is 13.0. The summed E-state index contributed by atoms with van der Waals surface area (Å²) in [5, 5.41) is -1.00. The van der Waals surface area contributed by atoms with Crippen molar-refractivity contribution in [2.45, 2.75) is 262 Å². The molecule has 0 bridgehead atoms. The first kappa shape index (κ1) is 62.6. The molecule has 0 spiro atoms. The zero-order chi connectivity index (χ0) is 42.9. The van der Waals surface area contributed by atoms with E-state index >= 15 is 0 Å². The van der Waals surface area contributed by atoms with Gasteiger partial charge in [-0.2, -0.15) is 0 Å². The van der Waals surface area contributed by atoms with Crippen LogP contribution in [0.15, 0.2) is 0 Å². The van der Waals surface area contributed by atoms with E-state index in [0.29, 0.717) is 10.8 Å². The van der Waals surface area contributed by atoms with Crippen LogP contribution in [0.5, 0.6) is 0 Å². The summed E-state index contributed by atoms with van der Waals surface area (Å²) < 4.78 is 0. The van der Waals surface area contributed by atoms with Crippen LogP contribution in [-0.2, 0) is 5.30 Å². The minimum absolute atomic E-state index is 0.555. The number of hydrogen-bond acceptors (Lipinski definition) is 0. The van der Waals surface area contributed by atoms with Gasteiger partial charge in [0.1, 0.15) is 0 Å². The van der Waals surface area contributed by atoms with Gasteiger partial charge in [0.05, 0.1) is 48.3 Å². The molecule has 344 valence electrons. The van der Waals surface area contributed by atoms with Crippen LogP contribution in [0, 0.1) is 10.8 Å². The molecular weight excluding hydrogens is 1020 g/mol. The van der Waals surface area contributed by atoms with E-state index in [9.17, 15) is 0 Å². The van der Waals surface area contributed by atoms with Gasteiger partial charge in [-0.05, 0) is 102 Å². The van der Waals surface area contributed by atoms with Crippen LogP contribution in [0.1, 0.15) is 251 Å². The molecule has 2 unspecified atom stereocenters. The van der Waals surface area contributed by atoms with Crippen molar-refractivity contribution in [1.82, 2.24) is 0 Å². The average molecular weight is 1120 g/mol. The predicted molar refractivity (Wildman–Crippen MR) is 281 cm³/mol. The summed E-state index contributed by atoms with van der Waals surface area (Å²) in [6, 6.07) is 0. The van der Waals surface area contributed by atoms with Gasteiger partial charge in [-0.25, -0.2) is 0 Å². The molecule has 0 aliphatic heterocycles. The van der Waals surface area contributed by atoms with E-state index in [0.717, 1.165) is 11.3 Å². The summed E-state index contributed by atoms with van der Waals surface area (Å²) in [7, 11) is -1.51. The molecule has 0 saturated heterocycles. The van der Waals surface area contributed by atoms with Gasteiger partial charge in [0.2, 0.25) is 0 Å². The van der Waals surface area contributed by atoms with Crippen molar-refractivity contribution in [2.75, 3.05) is 37.0 Å². The van der Waals surface area contributed by atoms with Crippen molar-refractivity contribution in [1.29, 1.82) is 0 Å². The van der Waals surface area contributed by atoms with Crippen LogP contribution in [0.3, 0.4) is 0 Å². The van der Waals surface area contributed by atoms with E-state index in [2.05, 4.69) is 154 Å². The molecular formula is C48H104Br4NiP2. The van der Waals surface area contributed by atoms with Gasteiger partial charge in [0.25, 0.3) is 0 Å². The Labute approximate surface area is 383 Å². The van der Waals surface area contributed by atoms with E-state index < -0.39 is 19.8 Å². The van der Waals surface area contributed by atoms with Gasteiger partial charge < -0.3 is 0 Å². The Kier molecular flexibility index (Phi) is 43.0. The van der Waals surface area contributed by atoms with Crippen molar-refractivity contribution in [3.8, 4) is 0 Å². The summed E-state index contributed by atoms with van der Waals surface area (Å²) in [6.45, 7) is 34.4. The molecule has 0 N–H and O–H groups in total. The quantitative estimate of drug-likeness (QED) is 0.0342. The molecule has 0 aromatic heterocycles. The molecule has 55 heavy (non-hydrogen) atoms. The molecule has 0 aliphatic rings. The molecule has 0 aromatic carbocycles. The third-order valence-corrected chi connectivity index (χ3v) is 24.5. The summed E-state index contributed by atoms with van der Waals surface area (Å²) in [6.07, 6.45) is 43.8. The van der Waals surface area contributed by atoms with E-state index in [1.165, 1.54) is 154 Å². The Balaban J connectivity index is -0.000000874. The Morgan fingerprint density at radius 3 is 0.745 bits per heavy atom. The molecule has 0 radical (unpaired) electrons. The minimum atomic E-state index is -1.00. The molecule has 2 atom stereocenters. The second kappa shape index (κ2) is 37.8. The first-order chi connectivity index (χ1) is 25.7. The molecule has 0 aromatic rings. The van der Waals surface area contributed by atoms with Crippen molar-refractivity contribution in [3.63, 3.8) is 0 Å². The van der Waals surface area contributed by atoms with Crippen LogP contribution < -0.4 is 0 Å². The van der Waals surface area contributed by atoms with Gasteiger partial charge in [0.15, 0.2) is 0 Å². The molecule has 0 amide bonds. The van der Waals surface area contributed by atoms with Crippen LogP contribution in [0.25, 0.3) is 0 Å². The monoisotopic (exact) mass is 1120 g/mol. The predicted octanol–water partition coefficient (Wildman–Crippen LogP) is 21.7. The van der Waals surface area contributed by atoms with E-state index in [4.69, 9.17) is 0 Å². The standard InChI is InChI=1S/2C24H52P.4BrH.Ni/c2*1-8-12-16-18-24(6,7)19-17-23(5)25(20-13-9-2,21-14-10-3)22-15-11-4;;;;;/h2*23H,8-22H2,1-7H3;4*1H;/q2*+1;;;;;+2/p-4. The Hall–Kier alpha value is 3.27. The van der Waals surface area contributed by atoms with Crippen molar-refractivity contribution in [3.05, 3.63) is 0 Å². The maximum absolute atomic E-state index is 3.22. The fraction of sp³-hybridized carbons (Fsp3) is 1.00. The fourth-order valence-corrected chi connectivity index (χ4v) is 19.6. The summed E-state index contributed by atoms with van der Waals surface area (Å²) in [4.78, 5) is 0. The first-order valence-corrected chi connectivity index (χ1v) is 38.5. The molecule has 0 nitrogen and oxygen atoms in total. The van der Waals surface area contributed by atoms with Crippen molar-refractivity contribution in [2.24, 2.45) is 10.8 Å². The Morgan fingerprint density at radius 2 is 0.564 bits per heavy atom. The summed E-state index contributed by atoms with van der Waals surface area (Å²) >= 11 is 12.9. The molecule has 7 heteroatoms. The SMILES string of the molecule is CCCCCC(C)(C)CCC(C)[P+](CCCC)(CCCC)CCCC.CCCCCC(C)(C)CCC(C)[P+](CCCC)(CCCC)CCCC.[Br][Ni-2]([Br])([Br])[Br]. The van der Waals surface area contributed by atoms with E-state index in [-0.39, 0.29) is 0 Å². The zero-order valence-corrected chi connectivity index (χ0v) is 49.2. The Bertz CT molecular complexity index is 707. The van der Waals surface area contributed by atoms with Crippen LogP contribution >= 0.6 is 71.4 Å². The van der Waals surface area contributed by atoms with Crippen molar-refractivity contribution >= 4 is 71.4 Å². The molecule has 0 aliphatic carbocycles. The zero-order valence-electron chi connectivity index (χ0n) is 40.1. The molecule has 0 heterocycles. The fourth-order valence-electron chi connectivity index (χ4n) is 8.54. The molecule has 0 saturated carbocycles. The topological polar surface area (TPSA) is 0 Å². The number of rotatable bonds is 34. The first-order valence-electron chi connectivity index (χ1n) is 23.9. The van der Waals surface area contributed by atoms with Gasteiger partial charge >= 0.3 is 62.2 Å². The van der Waals surface area contributed by atoms with Crippen LogP contribution in [0.2, 0.25) is 0 Å². The molecule has 0 rings (SSSR count). The maximum atomic E-state index is 3.22. The van der Waals surface area contributed by atoms with Crippen molar-refractivity contribution < 1.29 is 5.30 Å². The van der Waals surface area contributed by atoms with E-state index in [1.54, 1.807) is 37.0 Å². The Morgan fingerprint density at radius 1 is 0.364 bits per heavy atom. The van der Waals surface area contributed by atoms with Gasteiger partial charge in [-0.15, -0.1) is 0 Å². The van der Waals surface area contributed by atoms with Gasteiger partial charge in [-0.1, -0.05) is 160 Å². The number of hydrogen-bond donors (Lipinski definition) is 0. The second-order valence-electron chi connectivity index (χ2n) is 19.2. The summed E-state index contributed by atoms with van der Waals surface area (Å²) in [5.41, 5.74) is 3.11. The van der Waals surface area contributed by atoms with Gasteiger partial charge in [-0.3, -0.25) is 0 Å². The van der Waals surface area contributed by atoms with Gasteiger partial charge in [0, 0.05) is 14.5 Å². The number of halogens is 4. The second-order valence-corrected chi connectivity index (χ2v) is 58.4. The number of unbranched alkanes of at least 4 members (excludes halogenated alkanes) is 10.